The predicted molar refractivity (Wildman–Crippen MR) is 49.9 cm³/mol. The van der Waals surface area contributed by atoms with Crippen LogP contribution < -0.4 is 5.73 Å². The van der Waals surface area contributed by atoms with Crippen LogP contribution in [0.1, 0.15) is 27.7 Å². The summed E-state index contributed by atoms with van der Waals surface area (Å²) in [6, 6.07) is 0. The molecule has 3 nitrogen and oxygen atoms in total. The highest BCUT2D eigenvalue weighted by atomic mass is 16.5. The minimum atomic E-state index is -0.892. The number of rotatable bonds is 4. The molecule has 0 aromatic carbocycles. The molecule has 2 atom stereocenters. The Balaban J connectivity index is 4.58. The molecule has 12 heavy (non-hydrogen) atoms. The van der Waals surface area contributed by atoms with E-state index in [2.05, 4.69) is 0 Å². The van der Waals surface area contributed by atoms with Crippen molar-refractivity contribution in [2.75, 3.05) is 13.7 Å². The maximum atomic E-state index is 10.1. The Labute approximate surface area is 74.9 Å². The van der Waals surface area contributed by atoms with Crippen molar-refractivity contribution in [2.24, 2.45) is 11.1 Å². The van der Waals surface area contributed by atoms with Crippen LogP contribution in [0.4, 0.5) is 0 Å². The standard InChI is InChI=1S/C9H21NO2/c1-7(12-5)9(4,11)8(2,3)6-10/h7,11H,6,10H2,1-5H3. The van der Waals surface area contributed by atoms with E-state index in [-0.39, 0.29) is 11.5 Å². The SMILES string of the molecule is COC(C)C(C)(O)C(C)(C)CN. The van der Waals surface area contributed by atoms with E-state index in [1.165, 1.54) is 0 Å². The zero-order valence-corrected chi connectivity index (χ0v) is 8.72. The van der Waals surface area contributed by atoms with E-state index in [0.717, 1.165) is 0 Å². The zero-order chi connectivity index (χ0) is 9.99. The molecule has 0 fully saturated rings. The van der Waals surface area contributed by atoms with E-state index in [1.54, 1.807) is 14.0 Å². The Morgan fingerprint density at radius 1 is 1.42 bits per heavy atom. The first-order valence-electron chi connectivity index (χ1n) is 4.25. The van der Waals surface area contributed by atoms with Gasteiger partial charge in [-0.3, -0.25) is 0 Å². The molecule has 0 radical (unpaired) electrons. The Morgan fingerprint density at radius 2 is 1.83 bits per heavy atom. The third kappa shape index (κ3) is 1.97. The number of nitrogens with two attached hydrogens (primary N) is 1. The molecule has 0 saturated heterocycles. The van der Waals surface area contributed by atoms with E-state index in [1.807, 2.05) is 20.8 Å². The van der Waals surface area contributed by atoms with Gasteiger partial charge in [0.25, 0.3) is 0 Å². The fraction of sp³-hybridized carbons (Fsp3) is 1.00. The Kier molecular flexibility index (Phi) is 3.69. The van der Waals surface area contributed by atoms with Crippen molar-refractivity contribution in [1.82, 2.24) is 0 Å². The van der Waals surface area contributed by atoms with E-state index in [0.29, 0.717) is 6.54 Å². The molecule has 0 spiro atoms. The molecule has 0 aromatic rings. The van der Waals surface area contributed by atoms with Crippen molar-refractivity contribution in [2.45, 2.75) is 39.4 Å². The second-order valence-electron chi connectivity index (χ2n) is 4.11. The molecule has 3 heteroatoms. The average molecular weight is 175 g/mol. The molecule has 2 unspecified atom stereocenters. The third-order valence-electron chi connectivity index (χ3n) is 3.03. The zero-order valence-electron chi connectivity index (χ0n) is 8.72. The topological polar surface area (TPSA) is 55.5 Å². The summed E-state index contributed by atoms with van der Waals surface area (Å²) in [6.07, 6.45) is -0.212. The lowest BCUT2D eigenvalue weighted by Crippen LogP contribution is -2.54. The normalized spacial score (nSPS) is 20.2. The second kappa shape index (κ2) is 3.73. The Hall–Kier alpha value is -0.120. The molecular weight excluding hydrogens is 154 g/mol. The Morgan fingerprint density at radius 3 is 2.08 bits per heavy atom. The van der Waals surface area contributed by atoms with Gasteiger partial charge in [0, 0.05) is 19.1 Å². The molecule has 0 heterocycles. The highest BCUT2D eigenvalue weighted by Gasteiger charge is 2.42. The summed E-state index contributed by atoms with van der Waals surface area (Å²) in [5, 5.41) is 10.1. The first-order chi connectivity index (χ1) is 5.29. The smallest absolute Gasteiger partial charge is 0.0939 e. The lowest BCUT2D eigenvalue weighted by molar-refractivity contribution is -0.137. The van der Waals surface area contributed by atoms with E-state index >= 15 is 0 Å². The minimum absolute atomic E-state index is 0.212. The molecule has 0 rings (SSSR count). The van der Waals surface area contributed by atoms with E-state index in [9.17, 15) is 5.11 Å². The van der Waals surface area contributed by atoms with Gasteiger partial charge in [0.05, 0.1) is 11.7 Å². The number of hydrogen-bond acceptors (Lipinski definition) is 3. The number of hydrogen-bond donors (Lipinski definition) is 2. The molecular formula is C9H21NO2. The van der Waals surface area contributed by atoms with Crippen LogP contribution in [0.15, 0.2) is 0 Å². The minimum Gasteiger partial charge on any atom is -0.387 e. The number of ether oxygens (including phenoxy) is 1. The molecule has 0 aliphatic heterocycles. The lowest BCUT2D eigenvalue weighted by Gasteiger charge is -2.42. The van der Waals surface area contributed by atoms with Crippen LogP contribution in [0.25, 0.3) is 0 Å². The molecule has 0 aliphatic carbocycles. The highest BCUT2D eigenvalue weighted by molar-refractivity contribution is 4.94. The van der Waals surface area contributed by atoms with Gasteiger partial charge < -0.3 is 15.6 Å². The summed E-state index contributed by atoms with van der Waals surface area (Å²) in [5.41, 5.74) is 4.35. The van der Waals surface area contributed by atoms with Gasteiger partial charge >= 0.3 is 0 Å². The monoisotopic (exact) mass is 175 g/mol. The highest BCUT2D eigenvalue weighted by Crippen LogP contribution is 2.33. The van der Waals surface area contributed by atoms with Crippen LogP contribution in [0.3, 0.4) is 0 Å². The molecule has 3 N–H and O–H groups in total. The van der Waals surface area contributed by atoms with Gasteiger partial charge in [0.1, 0.15) is 0 Å². The van der Waals surface area contributed by atoms with Crippen LogP contribution >= 0.6 is 0 Å². The van der Waals surface area contributed by atoms with Crippen LogP contribution in [0.2, 0.25) is 0 Å². The van der Waals surface area contributed by atoms with Crippen molar-refractivity contribution in [3.8, 4) is 0 Å². The van der Waals surface area contributed by atoms with Gasteiger partial charge in [-0.1, -0.05) is 13.8 Å². The first kappa shape index (κ1) is 11.9. The third-order valence-corrected chi connectivity index (χ3v) is 3.03. The lowest BCUT2D eigenvalue weighted by atomic mass is 9.73. The summed E-state index contributed by atoms with van der Waals surface area (Å²) in [5.74, 6) is 0. The summed E-state index contributed by atoms with van der Waals surface area (Å²) < 4.78 is 5.10. The molecule has 0 aromatic heterocycles. The van der Waals surface area contributed by atoms with E-state index in [4.69, 9.17) is 10.5 Å². The van der Waals surface area contributed by atoms with Crippen LogP contribution in [0, 0.1) is 5.41 Å². The van der Waals surface area contributed by atoms with Gasteiger partial charge in [-0.15, -0.1) is 0 Å². The largest absolute Gasteiger partial charge is 0.387 e. The number of methoxy groups -OCH3 is 1. The van der Waals surface area contributed by atoms with Crippen molar-refractivity contribution in [3.05, 3.63) is 0 Å². The fourth-order valence-electron chi connectivity index (χ4n) is 0.986. The van der Waals surface area contributed by atoms with Gasteiger partial charge in [0.15, 0.2) is 0 Å². The van der Waals surface area contributed by atoms with Gasteiger partial charge in [-0.05, 0) is 13.8 Å². The molecule has 0 bridgehead atoms. The second-order valence-corrected chi connectivity index (χ2v) is 4.11. The van der Waals surface area contributed by atoms with Crippen LogP contribution in [-0.2, 0) is 4.74 Å². The maximum Gasteiger partial charge on any atom is 0.0939 e. The summed E-state index contributed by atoms with van der Waals surface area (Å²) >= 11 is 0. The number of aliphatic hydroxyl groups is 1. The maximum absolute atomic E-state index is 10.1. The van der Waals surface area contributed by atoms with Crippen LogP contribution in [0.5, 0.6) is 0 Å². The first-order valence-corrected chi connectivity index (χ1v) is 4.25. The molecule has 0 amide bonds. The van der Waals surface area contributed by atoms with Crippen molar-refractivity contribution < 1.29 is 9.84 Å². The predicted octanol–water partition coefficient (Wildman–Crippen LogP) is 0.757. The average Bonchev–Trinajstić information content (AvgIpc) is 2.02. The summed E-state index contributed by atoms with van der Waals surface area (Å²) in [6.45, 7) is 7.91. The van der Waals surface area contributed by atoms with Crippen molar-refractivity contribution in [1.29, 1.82) is 0 Å². The van der Waals surface area contributed by atoms with Gasteiger partial charge in [-0.2, -0.15) is 0 Å². The van der Waals surface area contributed by atoms with Crippen molar-refractivity contribution in [3.63, 3.8) is 0 Å². The van der Waals surface area contributed by atoms with Gasteiger partial charge in [0.2, 0.25) is 0 Å². The summed E-state index contributed by atoms with van der Waals surface area (Å²) in [7, 11) is 1.59. The molecule has 74 valence electrons. The molecule has 0 aliphatic rings. The fourth-order valence-corrected chi connectivity index (χ4v) is 0.986. The molecule has 0 saturated carbocycles. The van der Waals surface area contributed by atoms with Crippen LogP contribution in [-0.4, -0.2) is 30.5 Å². The van der Waals surface area contributed by atoms with E-state index < -0.39 is 5.60 Å². The quantitative estimate of drug-likeness (QED) is 0.663. The van der Waals surface area contributed by atoms with Gasteiger partial charge in [-0.25, -0.2) is 0 Å². The Bertz CT molecular complexity index is 143. The van der Waals surface area contributed by atoms with Crippen molar-refractivity contribution >= 4 is 0 Å². The summed E-state index contributed by atoms with van der Waals surface area (Å²) in [4.78, 5) is 0.